The molecule has 0 saturated heterocycles. The Balaban J connectivity index is 0.00000220. The van der Waals surface area contributed by atoms with Crippen LogP contribution in [-0.2, 0) is 10.1 Å². The number of hydrogen-bond acceptors (Lipinski definition) is 6. The van der Waals surface area contributed by atoms with Crippen LogP contribution in [0.4, 0.5) is 11.4 Å². The van der Waals surface area contributed by atoms with Gasteiger partial charge in [-0.2, -0.15) is 13.5 Å². The molecule has 0 fully saturated rings. The zero-order valence-corrected chi connectivity index (χ0v) is 13.8. The maximum absolute atomic E-state index is 10.8. The molecule has 0 atom stereocenters. The van der Waals surface area contributed by atoms with Crippen molar-refractivity contribution in [2.24, 2.45) is 10.2 Å². The van der Waals surface area contributed by atoms with E-state index in [1.807, 2.05) is 0 Å². The molecule has 3 N–H and O–H groups in total. The van der Waals surface area contributed by atoms with Crippen molar-refractivity contribution in [1.82, 2.24) is 0 Å². The van der Waals surface area contributed by atoms with Gasteiger partial charge in [-0.1, -0.05) is 0 Å². The predicted molar refractivity (Wildman–Crippen MR) is 76.0 cm³/mol. The van der Waals surface area contributed by atoms with E-state index in [4.69, 9.17) is 9.66 Å². The first-order valence-electron chi connectivity index (χ1n) is 5.37. The summed E-state index contributed by atoms with van der Waals surface area (Å²) in [4.78, 5) is -0.246. The maximum Gasteiger partial charge on any atom is 0.294 e. The molecule has 7 nitrogen and oxygen atoms in total. The minimum Gasteiger partial charge on any atom is -0.508 e. The number of hydrogen-bond donors (Lipinski definition) is 3. The van der Waals surface area contributed by atoms with Crippen molar-refractivity contribution in [3.05, 3.63) is 42.5 Å². The van der Waals surface area contributed by atoms with E-state index >= 15 is 0 Å². The Bertz CT molecular complexity index is 760. The molecule has 0 aliphatic rings. The maximum atomic E-state index is 10.8. The van der Waals surface area contributed by atoms with Crippen LogP contribution in [0.15, 0.2) is 57.6 Å². The molecule has 0 unspecified atom stereocenters. The zero-order valence-electron chi connectivity index (χ0n) is 11.0. The summed E-state index contributed by atoms with van der Waals surface area (Å²) in [5.41, 5.74) is 0.492. The van der Waals surface area contributed by atoms with Crippen LogP contribution in [0.3, 0.4) is 0 Å². The molecular weight excluding hydrogens is 307 g/mol. The van der Waals surface area contributed by atoms with Crippen molar-refractivity contribution >= 4 is 51.1 Å². The number of phenolic OH excluding ortho intramolecular Hbond substituents is 2. The monoisotopic (exact) mass is 317 g/mol. The van der Waals surface area contributed by atoms with Crippen LogP contribution < -0.4 is 0 Å². The van der Waals surface area contributed by atoms with Gasteiger partial charge in [0.25, 0.3) is 10.1 Å². The van der Waals surface area contributed by atoms with Gasteiger partial charge in [0.15, 0.2) is 0 Å². The van der Waals surface area contributed by atoms with E-state index < -0.39 is 10.1 Å². The number of benzene rings is 2. The summed E-state index contributed by atoms with van der Waals surface area (Å²) in [6.07, 6.45) is 0. The Hall–Kier alpha value is -1.45. The largest absolute Gasteiger partial charge is 0.508 e. The summed E-state index contributed by atoms with van der Waals surface area (Å²) >= 11 is 0. The number of aromatic hydroxyl groups is 2. The van der Waals surface area contributed by atoms with E-state index in [-0.39, 0.29) is 51.6 Å². The molecule has 0 aliphatic carbocycles. The Kier molecular flexibility index (Phi) is 5.87. The van der Waals surface area contributed by atoms with Crippen LogP contribution in [0.2, 0.25) is 0 Å². The van der Waals surface area contributed by atoms with E-state index in [9.17, 15) is 13.5 Å². The number of rotatable bonds is 3. The molecule has 1 radical (unpaired) electrons. The minimum absolute atomic E-state index is 0. The average Bonchev–Trinajstić information content (AvgIpc) is 2.37. The van der Waals surface area contributed by atoms with Crippen LogP contribution in [0, 0.1) is 0 Å². The Morgan fingerprint density at radius 1 is 0.905 bits per heavy atom. The molecule has 0 spiro atoms. The van der Waals surface area contributed by atoms with E-state index in [0.717, 1.165) is 6.07 Å². The van der Waals surface area contributed by atoms with E-state index in [1.165, 1.54) is 36.4 Å². The first kappa shape index (κ1) is 17.6. The van der Waals surface area contributed by atoms with Crippen molar-refractivity contribution in [2.45, 2.75) is 4.90 Å². The predicted octanol–water partition coefficient (Wildman–Crippen LogP) is 2.38. The van der Waals surface area contributed by atoms with E-state index in [1.54, 1.807) is 0 Å². The second-order valence-corrected chi connectivity index (χ2v) is 5.26. The first-order chi connectivity index (χ1) is 9.36. The number of phenols is 2. The van der Waals surface area contributed by atoms with Gasteiger partial charge in [-0.15, -0.1) is 5.11 Å². The van der Waals surface area contributed by atoms with Crippen LogP contribution in [0.5, 0.6) is 11.5 Å². The normalized spacial score (nSPS) is 11.3. The molecular formula is C12H10N2NaO5S. The van der Waals surface area contributed by atoms with Gasteiger partial charge in [0, 0.05) is 35.6 Å². The van der Waals surface area contributed by atoms with Gasteiger partial charge in [0.2, 0.25) is 0 Å². The molecule has 0 bridgehead atoms. The Morgan fingerprint density at radius 2 is 1.52 bits per heavy atom. The summed E-state index contributed by atoms with van der Waals surface area (Å²) in [6.45, 7) is 0. The summed E-state index contributed by atoms with van der Waals surface area (Å²) in [5.74, 6) is -0.331. The fraction of sp³-hybridized carbons (Fsp3) is 0. The van der Waals surface area contributed by atoms with Gasteiger partial charge in [0.1, 0.15) is 17.2 Å². The van der Waals surface area contributed by atoms with E-state index in [0.29, 0.717) is 5.69 Å². The molecule has 2 rings (SSSR count). The zero-order chi connectivity index (χ0) is 14.8. The van der Waals surface area contributed by atoms with Gasteiger partial charge in [-0.05, 0) is 36.4 Å². The number of azo groups is 1. The second kappa shape index (κ2) is 7.01. The van der Waals surface area contributed by atoms with E-state index in [2.05, 4.69) is 10.2 Å². The fourth-order valence-corrected chi connectivity index (χ4v) is 1.87. The SMILES string of the molecule is O=S(=O)(O)c1ccc(N=Nc2ccc(O)cc2O)cc1.[Na]. The fourth-order valence-electron chi connectivity index (χ4n) is 1.39. The molecule has 21 heavy (non-hydrogen) atoms. The van der Waals surface area contributed by atoms with Crippen LogP contribution in [-0.4, -0.2) is 52.7 Å². The van der Waals surface area contributed by atoms with Crippen molar-refractivity contribution < 1.29 is 23.2 Å². The summed E-state index contributed by atoms with van der Waals surface area (Å²) < 4.78 is 30.5. The smallest absolute Gasteiger partial charge is 0.294 e. The van der Waals surface area contributed by atoms with Gasteiger partial charge < -0.3 is 10.2 Å². The molecule has 0 saturated carbocycles. The standard InChI is InChI=1S/C12H10N2O5S.Na/c15-9-3-6-11(12(16)7-9)14-13-8-1-4-10(5-2-8)20(17,18)19;/h1-7,15-16H,(H,17,18,19);. The van der Waals surface area contributed by atoms with Crippen LogP contribution >= 0.6 is 0 Å². The summed E-state index contributed by atoms with van der Waals surface area (Å²) in [6, 6.07) is 8.90. The molecule has 2 aromatic carbocycles. The summed E-state index contributed by atoms with van der Waals surface area (Å²) in [7, 11) is -4.24. The molecule has 0 aliphatic heterocycles. The molecule has 0 amide bonds. The number of nitrogens with zero attached hydrogens (tertiary/aromatic N) is 2. The van der Waals surface area contributed by atoms with Crippen molar-refractivity contribution in [2.75, 3.05) is 0 Å². The molecule has 0 aromatic heterocycles. The average molecular weight is 317 g/mol. The minimum atomic E-state index is -4.24. The van der Waals surface area contributed by atoms with Gasteiger partial charge >= 0.3 is 0 Å². The third-order valence-corrected chi connectivity index (χ3v) is 3.23. The van der Waals surface area contributed by atoms with Gasteiger partial charge in [0.05, 0.1) is 10.6 Å². The molecule has 2 aromatic rings. The third-order valence-electron chi connectivity index (χ3n) is 2.37. The second-order valence-electron chi connectivity index (χ2n) is 3.84. The summed E-state index contributed by atoms with van der Waals surface area (Å²) in [5, 5.41) is 26.2. The molecule has 105 valence electrons. The van der Waals surface area contributed by atoms with Crippen LogP contribution in [0.1, 0.15) is 0 Å². The van der Waals surface area contributed by atoms with Crippen molar-refractivity contribution in [1.29, 1.82) is 0 Å². The van der Waals surface area contributed by atoms with Gasteiger partial charge in [-0.25, -0.2) is 0 Å². The Labute approximate surface area is 143 Å². The van der Waals surface area contributed by atoms with Crippen molar-refractivity contribution in [3.63, 3.8) is 0 Å². The topological polar surface area (TPSA) is 120 Å². The first-order valence-corrected chi connectivity index (χ1v) is 6.81. The van der Waals surface area contributed by atoms with Gasteiger partial charge in [-0.3, -0.25) is 4.55 Å². The third kappa shape index (κ3) is 4.80. The van der Waals surface area contributed by atoms with Crippen molar-refractivity contribution in [3.8, 4) is 11.5 Å². The quantitative estimate of drug-likeness (QED) is 0.456. The molecule has 0 heterocycles. The Morgan fingerprint density at radius 3 is 2.05 bits per heavy atom. The van der Waals surface area contributed by atoms with Crippen LogP contribution in [0.25, 0.3) is 0 Å². The molecule has 9 heteroatoms.